The zero-order chi connectivity index (χ0) is 17.7. The summed E-state index contributed by atoms with van der Waals surface area (Å²) < 4.78 is 32.3. The molecule has 6 heteroatoms. The lowest BCUT2D eigenvalue weighted by atomic mass is 10.0. The summed E-state index contributed by atoms with van der Waals surface area (Å²) in [6.45, 7) is 6.06. The number of rotatable bonds is 6. The largest absolute Gasteiger partial charge is 0.462 e. The lowest BCUT2D eigenvalue weighted by Crippen LogP contribution is -2.13. The highest BCUT2D eigenvalue weighted by atomic mass is 32.2. The van der Waals surface area contributed by atoms with Crippen molar-refractivity contribution < 1.29 is 17.9 Å². The van der Waals surface area contributed by atoms with Gasteiger partial charge in [-0.3, -0.25) is 4.72 Å². The number of carbonyl (C=O) groups is 1. The summed E-state index contributed by atoms with van der Waals surface area (Å²) in [7, 11) is -3.71. The van der Waals surface area contributed by atoms with Gasteiger partial charge in [-0.1, -0.05) is 32.0 Å². The Morgan fingerprint density at radius 2 is 1.79 bits per heavy atom. The topological polar surface area (TPSA) is 72.5 Å². The quantitative estimate of drug-likeness (QED) is 0.807. The molecule has 2 aromatic rings. The van der Waals surface area contributed by atoms with Crippen LogP contribution in [0.5, 0.6) is 0 Å². The van der Waals surface area contributed by atoms with Gasteiger partial charge in [-0.25, -0.2) is 13.2 Å². The first kappa shape index (κ1) is 18.0. The van der Waals surface area contributed by atoms with Gasteiger partial charge >= 0.3 is 5.97 Å². The number of esters is 1. The molecule has 0 saturated carbocycles. The molecule has 0 radical (unpaired) electrons. The third-order valence-corrected chi connectivity index (χ3v) is 4.88. The molecule has 0 saturated heterocycles. The molecular formula is C18H21NO4S. The van der Waals surface area contributed by atoms with Crippen LogP contribution < -0.4 is 4.72 Å². The summed E-state index contributed by atoms with van der Waals surface area (Å²) in [6.07, 6.45) is 0. The summed E-state index contributed by atoms with van der Waals surface area (Å²) in [5.41, 5.74) is 1.68. The number of anilines is 1. The molecule has 0 spiro atoms. The van der Waals surface area contributed by atoms with E-state index in [1.165, 1.54) is 6.07 Å². The zero-order valence-electron chi connectivity index (χ0n) is 13.9. The number of ether oxygens (including phenoxy) is 1. The molecule has 0 bridgehead atoms. The maximum atomic E-state index is 12.5. The minimum Gasteiger partial charge on any atom is -0.462 e. The molecule has 0 amide bonds. The monoisotopic (exact) mass is 347 g/mol. The van der Waals surface area contributed by atoms with E-state index in [0.717, 1.165) is 5.56 Å². The summed E-state index contributed by atoms with van der Waals surface area (Å²) in [5, 5.41) is 0. The number of nitrogens with one attached hydrogen (secondary N) is 1. The Hall–Kier alpha value is -2.34. The van der Waals surface area contributed by atoms with Crippen molar-refractivity contribution in [3.8, 4) is 0 Å². The van der Waals surface area contributed by atoms with Crippen molar-refractivity contribution in [1.29, 1.82) is 0 Å². The fourth-order valence-corrected chi connectivity index (χ4v) is 3.22. The van der Waals surface area contributed by atoms with Gasteiger partial charge in [-0.15, -0.1) is 0 Å². The van der Waals surface area contributed by atoms with E-state index < -0.39 is 16.0 Å². The van der Waals surface area contributed by atoms with Crippen LogP contribution in [0.25, 0.3) is 0 Å². The predicted octanol–water partition coefficient (Wildman–Crippen LogP) is 3.79. The van der Waals surface area contributed by atoms with E-state index in [9.17, 15) is 13.2 Å². The van der Waals surface area contributed by atoms with Crippen LogP contribution in [0.1, 0.15) is 42.6 Å². The first-order valence-electron chi connectivity index (χ1n) is 7.73. The van der Waals surface area contributed by atoms with Crippen LogP contribution in [0.4, 0.5) is 5.69 Å². The van der Waals surface area contributed by atoms with Crippen molar-refractivity contribution in [3.05, 3.63) is 59.7 Å². The first-order valence-corrected chi connectivity index (χ1v) is 9.21. The van der Waals surface area contributed by atoms with Crippen molar-refractivity contribution in [1.82, 2.24) is 0 Å². The summed E-state index contributed by atoms with van der Waals surface area (Å²) in [5.74, 6) is -0.157. The lowest BCUT2D eigenvalue weighted by molar-refractivity contribution is 0.0526. The molecule has 1 N–H and O–H groups in total. The van der Waals surface area contributed by atoms with Gasteiger partial charge in [0, 0.05) is 5.69 Å². The maximum Gasteiger partial charge on any atom is 0.338 e. The fourth-order valence-electron chi connectivity index (χ4n) is 2.17. The van der Waals surface area contributed by atoms with Crippen molar-refractivity contribution in [2.24, 2.45) is 0 Å². The Kier molecular flexibility index (Phi) is 5.62. The highest BCUT2D eigenvalue weighted by Gasteiger charge is 2.15. The normalized spacial score (nSPS) is 11.3. The second-order valence-corrected chi connectivity index (χ2v) is 7.31. The summed E-state index contributed by atoms with van der Waals surface area (Å²) >= 11 is 0. The Morgan fingerprint density at radius 1 is 1.12 bits per heavy atom. The van der Waals surface area contributed by atoms with Gasteiger partial charge < -0.3 is 4.74 Å². The third-order valence-electron chi connectivity index (χ3n) is 3.48. The smallest absolute Gasteiger partial charge is 0.338 e. The Labute approximate surface area is 142 Å². The number of benzene rings is 2. The van der Waals surface area contributed by atoms with Gasteiger partial charge in [-0.2, -0.15) is 0 Å². The molecule has 128 valence electrons. The molecule has 0 heterocycles. The molecule has 0 aliphatic rings. The zero-order valence-corrected chi connectivity index (χ0v) is 14.8. The van der Waals surface area contributed by atoms with Crippen LogP contribution in [0.2, 0.25) is 0 Å². The second kappa shape index (κ2) is 7.49. The Morgan fingerprint density at radius 3 is 2.38 bits per heavy atom. The molecule has 0 atom stereocenters. The maximum absolute atomic E-state index is 12.5. The predicted molar refractivity (Wildman–Crippen MR) is 93.7 cm³/mol. The second-order valence-electron chi connectivity index (χ2n) is 5.63. The van der Waals surface area contributed by atoms with Crippen molar-refractivity contribution in [2.45, 2.75) is 31.6 Å². The fraction of sp³-hybridized carbons (Fsp3) is 0.278. The van der Waals surface area contributed by atoms with Gasteiger partial charge in [0.05, 0.1) is 17.1 Å². The van der Waals surface area contributed by atoms with Gasteiger partial charge in [0.15, 0.2) is 0 Å². The molecule has 0 fully saturated rings. The lowest BCUT2D eigenvalue weighted by Gasteiger charge is -2.11. The van der Waals surface area contributed by atoms with Gasteiger partial charge in [0.2, 0.25) is 0 Å². The molecule has 2 aromatic carbocycles. The summed E-state index contributed by atoms with van der Waals surface area (Å²) in [4.78, 5) is 11.9. The molecule has 0 aliphatic heterocycles. The Bertz CT molecular complexity index is 811. The molecule has 0 unspecified atom stereocenters. The molecule has 0 aliphatic carbocycles. The van der Waals surface area contributed by atoms with Gasteiger partial charge in [0.1, 0.15) is 0 Å². The molecule has 0 aromatic heterocycles. The van der Waals surface area contributed by atoms with Crippen LogP contribution in [-0.2, 0) is 14.8 Å². The SMILES string of the molecule is CCOC(=O)c1cccc(NS(=O)(=O)c2ccc(C(C)C)cc2)c1. The van der Waals surface area contributed by atoms with E-state index in [1.807, 2.05) is 13.8 Å². The van der Waals surface area contributed by atoms with Crippen molar-refractivity contribution in [2.75, 3.05) is 11.3 Å². The third kappa shape index (κ3) is 4.35. The van der Waals surface area contributed by atoms with E-state index in [-0.39, 0.29) is 11.5 Å². The van der Waals surface area contributed by atoms with Gasteiger partial charge in [-0.05, 0) is 48.7 Å². The molecule has 2 rings (SSSR count). The van der Waals surface area contributed by atoms with Crippen LogP contribution in [0, 0.1) is 0 Å². The van der Waals surface area contributed by atoms with E-state index in [2.05, 4.69) is 4.72 Å². The van der Waals surface area contributed by atoms with E-state index in [1.54, 1.807) is 49.4 Å². The first-order chi connectivity index (χ1) is 11.3. The highest BCUT2D eigenvalue weighted by Crippen LogP contribution is 2.20. The average Bonchev–Trinajstić information content (AvgIpc) is 2.55. The summed E-state index contributed by atoms with van der Waals surface area (Å²) in [6, 6.07) is 13.0. The number of hydrogen-bond acceptors (Lipinski definition) is 4. The highest BCUT2D eigenvalue weighted by molar-refractivity contribution is 7.92. The number of sulfonamides is 1. The average molecular weight is 347 g/mol. The Balaban J connectivity index is 2.23. The molecule has 5 nitrogen and oxygen atoms in total. The minimum atomic E-state index is -3.71. The van der Waals surface area contributed by atoms with Crippen LogP contribution in [0.3, 0.4) is 0 Å². The van der Waals surface area contributed by atoms with E-state index in [0.29, 0.717) is 17.2 Å². The van der Waals surface area contributed by atoms with Crippen LogP contribution in [0.15, 0.2) is 53.4 Å². The van der Waals surface area contributed by atoms with Crippen molar-refractivity contribution in [3.63, 3.8) is 0 Å². The van der Waals surface area contributed by atoms with Crippen LogP contribution >= 0.6 is 0 Å². The van der Waals surface area contributed by atoms with Crippen molar-refractivity contribution >= 4 is 21.7 Å². The number of hydrogen-bond donors (Lipinski definition) is 1. The minimum absolute atomic E-state index is 0.174. The van der Waals surface area contributed by atoms with E-state index >= 15 is 0 Å². The standard InChI is InChI=1S/C18H21NO4S/c1-4-23-18(20)15-6-5-7-16(12-15)19-24(21,22)17-10-8-14(9-11-17)13(2)3/h5-13,19H,4H2,1-3H3. The number of carbonyl (C=O) groups excluding carboxylic acids is 1. The van der Waals surface area contributed by atoms with Gasteiger partial charge in [0.25, 0.3) is 10.0 Å². The van der Waals surface area contributed by atoms with E-state index in [4.69, 9.17) is 4.74 Å². The van der Waals surface area contributed by atoms with Crippen LogP contribution in [-0.4, -0.2) is 21.0 Å². The molecule has 24 heavy (non-hydrogen) atoms. The molecular weight excluding hydrogens is 326 g/mol.